The number of benzene rings is 1. The van der Waals surface area contributed by atoms with Gasteiger partial charge in [0.2, 0.25) is 0 Å². The standard InChI is InChI=1S/C10H9F5/c1-2-9(11,12)7-3-5-8(6-4-7)10(13,14)15/h3-6H,2H2,1H3. The van der Waals surface area contributed by atoms with Crippen LogP contribution in [0.1, 0.15) is 24.5 Å². The molecular formula is C10H9F5. The van der Waals surface area contributed by atoms with Gasteiger partial charge in [0, 0.05) is 12.0 Å². The molecule has 0 amide bonds. The molecule has 0 aliphatic rings. The lowest BCUT2D eigenvalue weighted by atomic mass is 10.0. The Kier molecular flexibility index (Phi) is 3.02. The molecule has 0 unspecified atom stereocenters. The van der Waals surface area contributed by atoms with Crippen LogP contribution in [0.4, 0.5) is 22.0 Å². The molecule has 0 saturated carbocycles. The van der Waals surface area contributed by atoms with Crippen molar-refractivity contribution in [3.63, 3.8) is 0 Å². The molecule has 0 bridgehead atoms. The summed E-state index contributed by atoms with van der Waals surface area (Å²) in [4.78, 5) is 0. The third-order valence-electron chi connectivity index (χ3n) is 2.08. The summed E-state index contributed by atoms with van der Waals surface area (Å²) in [7, 11) is 0. The van der Waals surface area contributed by atoms with E-state index >= 15 is 0 Å². The zero-order valence-electron chi connectivity index (χ0n) is 7.91. The number of hydrogen-bond acceptors (Lipinski definition) is 0. The summed E-state index contributed by atoms with van der Waals surface area (Å²) < 4.78 is 62.4. The van der Waals surface area contributed by atoms with Crippen molar-refractivity contribution in [2.24, 2.45) is 0 Å². The molecule has 0 saturated heterocycles. The SMILES string of the molecule is CCC(F)(F)c1ccc(C(F)(F)F)cc1. The molecule has 15 heavy (non-hydrogen) atoms. The highest BCUT2D eigenvalue weighted by Gasteiger charge is 2.33. The zero-order valence-corrected chi connectivity index (χ0v) is 7.91. The monoisotopic (exact) mass is 224 g/mol. The maximum atomic E-state index is 13.0. The van der Waals surface area contributed by atoms with E-state index in [0.717, 1.165) is 12.1 Å². The van der Waals surface area contributed by atoms with Crippen LogP contribution in [-0.4, -0.2) is 0 Å². The highest BCUT2D eigenvalue weighted by Crippen LogP contribution is 2.34. The number of hydrogen-bond donors (Lipinski definition) is 0. The van der Waals surface area contributed by atoms with Gasteiger partial charge in [0.15, 0.2) is 0 Å². The lowest BCUT2D eigenvalue weighted by Gasteiger charge is -2.15. The van der Waals surface area contributed by atoms with Gasteiger partial charge in [-0.1, -0.05) is 19.1 Å². The van der Waals surface area contributed by atoms with Crippen LogP contribution >= 0.6 is 0 Å². The summed E-state index contributed by atoms with van der Waals surface area (Å²) >= 11 is 0. The predicted molar refractivity (Wildman–Crippen MR) is 45.6 cm³/mol. The Morgan fingerprint density at radius 3 is 1.60 bits per heavy atom. The predicted octanol–water partition coefficient (Wildman–Crippen LogP) is 4.21. The van der Waals surface area contributed by atoms with E-state index < -0.39 is 29.6 Å². The molecule has 0 spiro atoms. The van der Waals surface area contributed by atoms with E-state index in [1.54, 1.807) is 0 Å². The lowest BCUT2D eigenvalue weighted by Crippen LogP contribution is -2.12. The average molecular weight is 224 g/mol. The molecule has 5 heteroatoms. The molecule has 0 aliphatic carbocycles. The molecule has 0 aromatic heterocycles. The van der Waals surface area contributed by atoms with Gasteiger partial charge < -0.3 is 0 Å². The molecule has 1 aromatic rings. The molecule has 1 aromatic carbocycles. The topological polar surface area (TPSA) is 0 Å². The van der Waals surface area contributed by atoms with Gasteiger partial charge in [-0.3, -0.25) is 0 Å². The maximum Gasteiger partial charge on any atom is 0.416 e. The van der Waals surface area contributed by atoms with Gasteiger partial charge in [-0.15, -0.1) is 0 Å². The van der Waals surface area contributed by atoms with Crippen molar-refractivity contribution < 1.29 is 22.0 Å². The van der Waals surface area contributed by atoms with Crippen LogP contribution in [-0.2, 0) is 12.1 Å². The summed E-state index contributed by atoms with van der Waals surface area (Å²) in [6.45, 7) is 1.28. The Bertz CT molecular complexity index is 323. The molecule has 1 rings (SSSR count). The fraction of sp³-hybridized carbons (Fsp3) is 0.400. The van der Waals surface area contributed by atoms with Crippen molar-refractivity contribution in [1.82, 2.24) is 0 Å². The smallest absolute Gasteiger partial charge is 0.201 e. The number of alkyl halides is 5. The van der Waals surface area contributed by atoms with E-state index in [9.17, 15) is 22.0 Å². The summed E-state index contributed by atoms with van der Waals surface area (Å²) in [5.74, 6) is -3.07. The van der Waals surface area contributed by atoms with Crippen molar-refractivity contribution in [1.29, 1.82) is 0 Å². The van der Waals surface area contributed by atoms with Gasteiger partial charge in [0.1, 0.15) is 0 Å². The second kappa shape index (κ2) is 3.79. The average Bonchev–Trinajstić information content (AvgIpc) is 2.17. The van der Waals surface area contributed by atoms with E-state index in [0.29, 0.717) is 12.1 Å². The Balaban J connectivity index is 3.01. The first kappa shape index (κ1) is 11.9. The zero-order chi connectivity index (χ0) is 11.7. The summed E-state index contributed by atoms with van der Waals surface area (Å²) in [5.41, 5.74) is -1.31. The summed E-state index contributed by atoms with van der Waals surface area (Å²) in [5, 5.41) is 0. The molecule has 0 aliphatic heterocycles. The van der Waals surface area contributed by atoms with E-state index in [1.807, 2.05) is 0 Å². The number of halogens is 5. The van der Waals surface area contributed by atoms with Crippen LogP contribution in [0.2, 0.25) is 0 Å². The third-order valence-corrected chi connectivity index (χ3v) is 2.08. The molecule has 0 atom stereocenters. The van der Waals surface area contributed by atoms with Gasteiger partial charge >= 0.3 is 6.18 Å². The minimum Gasteiger partial charge on any atom is -0.201 e. The molecule has 0 fully saturated rings. The Labute approximate surface area is 83.7 Å². The quantitative estimate of drug-likeness (QED) is 0.660. The maximum absolute atomic E-state index is 13.0. The Morgan fingerprint density at radius 1 is 0.867 bits per heavy atom. The van der Waals surface area contributed by atoms with Crippen LogP contribution in [0.25, 0.3) is 0 Å². The van der Waals surface area contributed by atoms with Crippen molar-refractivity contribution in [2.75, 3.05) is 0 Å². The van der Waals surface area contributed by atoms with Crippen LogP contribution < -0.4 is 0 Å². The molecular weight excluding hydrogens is 215 g/mol. The van der Waals surface area contributed by atoms with Gasteiger partial charge in [0.25, 0.3) is 5.92 Å². The van der Waals surface area contributed by atoms with Gasteiger partial charge in [-0.05, 0) is 12.1 Å². The van der Waals surface area contributed by atoms with Crippen molar-refractivity contribution >= 4 is 0 Å². The summed E-state index contributed by atoms with van der Waals surface area (Å²) in [6.07, 6.45) is -4.92. The van der Waals surface area contributed by atoms with E-state index in [4.69, 9.17) is 0 Å². The summed E-state index contributed by atoms with van der Waals surface area (Å²) in [6, 6.07) is 2.95. The van der Waals surface area contributed by atoms with Crippen molar-refractivity contribution in [2.45, 2.75) is 25.4 Å². The van der Waals surface area contributed by atoms with Gasteiger partial charge in [0.05, 0.1) is 5.56 Å². The second-order valence-electron chi connectivity index (χ2n) is 3.13. The normalized spacial score (nSPS) is 12.9. The second-order valence-corrected chi connectivity index (χ2v) is 3.13. The fourth-order valence-corrected chi connectivity index (χ4v) is 1.11. The largest absolute Gasteiger partial charge is 0.416 e. The highest BCUT2D eigenvalue weighted by atomic mass is 19.4. The molecule has 0 nitrogen and oxygen atoms in total. The van der Waals surface area contributed by atoms with E-state index in [2.05, 4.69) is 0 Å². The first-order chi connectivity index (χ1) is 6.77. The fourth-order valence-electron chi connectivity index (χ4n) is 1.11. The van der Waals surface area contributed by atoms with Crippen LogP contribution in [0, 0.1) is 0 Å². The van der Waals surface area contributed by atoms with Gasteiger partial charge in [-0.2, -0.15) is 13.2 Å². The minimum absolute atomic E-state index is 0.391. The van der Waals surface area contributed by atoms with Crippen LogP contribution in [0.3, 0.4) is 0 Å². The van der Waals surface area contributed by atoms with Gasteiger partial charge in [-0.25, -0.2) is 8.78 Å². The minimum atomic E-state index is -4.49. The first-order valence-electron chi connectivity index (χ1n) is 4.33. The number of rotatable bonds is 2. The first-order valence-corrected chi connectivity index (χ1v) is 4.33. The van der Waals surface area contributed by atoms with Crippen LogP contribution in [0.5, 0.6) is 0 Å². The van der Waals surface area contributed by atoms with E-state index in [1.165, 1.54) is 6.92 Å². The lowest BCUT2D eigenvalue weighted by molar-refractivity contribution is -0.137. The molecule has 0 radical (unpaired) electrons. The molecule has 84 valence electrons. The van der Waals surface area contributed by atoms with Crippen molar-refractivity contribution in [3.05, 3.63) is 35.4 Å². The Hall–Kier alpha value is -1.13. The Morgan fingerprint density at radius 2 is 1.27 bits per heavy atom. The highest BCUT2D eigenvalue weighted by molar-refractivity contribution is 5.27. The van der Waals surface area contributed by atoms with Crippen LogP contribution in [0.15, 0.2) is 24.3 Å². The van der Waals surface area contributed by atoms with E-state index in [-0.39, 0.29) is 0 Å². The third kappa shape index (κ3) is 2.67. The molecule has 0 heterocycles. The van der Waals surface area contributed by atoms with Crippen molar-refractivity contribution in [3.8, 4) is 0 Å². The molecule has 0 N–H and O–H groups in total.